The zero-order valence-electron chi connectivity index (χ0n) is 8.86. The fourth-order valence-corrected chi connectivity index (χ4v) is 1.74. The smallest absolute Gasteiger partial charge is 0.207 e. The van der Waals surface area contributed by atoms with Crippen LogP contribution in [0.3, 0.4) is 0 Å². The van der Waals surface area contributed by atoms with Crippen molar-refractivity contribution in [2.75, 3.05) is 6.54 Å². The van der Waals surface area contributed by atoms with Crippen molar-refractivity contribution >= 4 is 23.8 Å². The molecule has 0 aliphatic carbocycles. The zero-order valence-corrected chi connectivity index (χ0v) is 9.67. The van der Waals surface area contributed by atoms with Crippen LogP contribution in [0.5, 0.6) is 0 Å². The van der Waals surface area contributed by atoms with Gasteiger partial charge in [0.25, 0.3) is 0 Å². The molecule has 0 saturated heterocycles. The molecule has 1 aromatic rings. The first-order chi connectivity index (χ1) is 7.24. The van der Waals surface area contributed by atoms with Crippen LogP contribution in [0.1, 0.15) is 17.5 Å². The van der Waals surface area contributed by atoms with E-state index in [4.69, 9.17) is 0 Å². The molecule has 1 heterocycles. The van der Waals surface area contributed by atoms with E-state index in [1.807, 2.05) is 37.6 Å². The first kappa shape index (κ1) is 11.7. The number of nitrogens with one attached hydrogen (secondary N) is 1. The molecule has 1 amide bonds. The van der Waals surface area contributed by atoms with Gasteiger partial charge in [0.2, 0.25) is 6.41 Å². The minimum Gasteiger partial charge on any atom is -0.355 e. The van der Waals surface area contributed by atoms with E-state index < -0.39 is 0 Å². The lowest BCUT2D eigenvalue weighted by molar-refractivity contribution is -0.109. The number of aryl methyl sites for hydroxylation is 1. The predicted octanol–water partition coefficient (Wildman–Crippen LogP) is 2.16. The Kier molecular flexibility index (Phi) is 4.77. The Morgan fingerprint density at radius 2 is 2.47 bits per heavy atom. The van der Waals surface area contributed by atoms with Crippen molar-refractivity contribution < 1.29 is 4.79 Å². The lowest BCUT2D eigenvalue weighted by atomic mass is 10.2. The normalized spacial score (nSPS) is 12.0. The Morgan fingerprint density at radius 3 is 3.07 bits per heavy atom. The second kappa shape index (κ2) is 6.14. The Hall–Kier alpha value is -1.42. The summed E-state index contributed by atoms with van der Waals surface area (Å²) in [5.41, 5.74) is 3.99. The van der Waals surface area contributed by atoms with Gasteiger partial charge in [0.1, 0.15) is 0 Å². The third kappa shape index (κ3) is 4.08. The van der Waals surface area contributed by atoms with Crippen LogP contribution < -0.4 is 5.32 Å². The van der Waals surface area contributed by atoms with Gasteiger partial charge in [0.05, 0.1) is 11.2 Å². The maximum Gasteiger partial charge on any atom is 0.207 e. The van der Waals surface area contributed by atoms with Gasteiger partial charge in [-0.05, 0) is 19.9 Å². The van der Waals surface area contributed by atoms with E-state index in [0.717, 1.165) is 11.3 Å². The molecule has 0 aromatic carbocycles. The summed E-state index contributed by atoms with van der Waals surface area (Å²) in [6, 6.07) is 0. The van der Waals surface area contributed by atoms with Gasteiger partial charge in [-0.15, -0.1) is 11.3 Å². The highest BCUT2D eigenvalue weighted by Gasteiger charge is 1.94. The SMILES string of the molecule is C/C(=C\C=C\c1scnc1C)CNC=O. The number of carbonyl (C=O) groups is 1. The molecule has 0 bridgehead atoms. The number of hydrogen-bond acceptors (Lipinski definition) is 3. The quantitative estimate of drug-likeness (QED) is 0.612. The van der Waals surface area contributed by atoms with Gasteiger partial charge in [-0.2, -0.15) is 0 Å². The average molecular weight is 222 g/mol. The monoisotopic (exact) mass is 222 g/mol. The van der Waals surface area contributed by atoms with E-state index in [2.05, 4.69) is 10.3 Å². The molecule has 3 nitrogen and oxygen atoms in total. The van der Waals surface area contributed by atoms with Crippen molar-refractivity contribution in [3.05, 3.63) is 33.8 Å². The third-order valence-electron chi connectivity index (χ3n) is 1.88. The first-order valence-corrected chi connectivity index (χ1v) is 5.53. The highest BCUT2D eigenvalue weighted by Crippen LogP contribution is 2.13. The standard InChI is InChI=1S/C11H14N2OS/c1-9(6-12-7-14)4-3-5-11-10(2)13-8-15-11/h3-5,7-8H,6H2,1-2H3,(H,12,14)/b5-3+,9-4+. The fourth-order valence-electron chi connectivity index (χ4n) is 1.03. The predicted molar refractivity (Wildman–Crippen MR) is 63.7 cm³/mol. The van der Waals surface area contributed by atoms with Crippen molar-refractivity contribution in [3.63, 3.8) is 0 Å². The van der Waals surface area contributed by atoms with Gasteiger partial charge in [-0.1, -0.05) is 17.7 Å². The minimum absolute atomic E-state index is 0.593. The number of amides is 1. The van der Waals surface area contributed by atoms with Gasteiger partial charge in [-0.25, -0.2) is 4.98 Å². The number of carbonyl (C=O) groups excluding carboxylic acids is 1. The number of allylic oxidation sites excluding steroid dienone is 2. The van der Waals surface area contributed by atoms with Crippen molar-refractivity contribution in [3.8, 4) is 0 Å². The number of nitrogens with zero attached hydrogens (tertiary/aromatic N) is 1. The highest BCUT2D eigenvalue weighted by molar-refractivity contribution is 7.10. The lowest BCUT2D eigenvalue weighted by Gasteiger charge is -1.95. The molecule has 0 aliphatic heterocycles. The topological polar surface area (TPSA) is 42.0 Å². The summed E-state index contributed by atoms with van der Waals surface area (Å²) in [5.74, 6) is 0. The van der Waals surface area contributed by atoms with E-state index in [0.29, 0.717) is 13.0 Å². The molecular formula is C11H14N2OS. The van der Waals surface area contributed by atoms with E-state index in [1.54, 1.807) is 11.3 Å². The summed E-state index contributed by atoms with van der Waals surface area (Å²) in [7, 11) is 0. The molecule has 1 N–H and O–H groups in total. The van der Waals surface area contributed by atoms with Crippen molar-refractivity contribution in [1.82, 2.24) is 10.3 Å². The minimum atomic E-state index is 0.593. The summed E-state index contributed by atoms with van der Waals surface area (Å²) in [6.07, 6.45) is 6.68. The van der Waals surface area contributed by atoms with Crippen molar-refractivity contribution in [2.45, 2.75) is 13.8 Å². The molecule has 1 rings (SSSR count). The van der Waals surface area contributed by atoms with Gasteiger partial charge < -0.3 is 5.32 Å². The molecule has 0 atom stereocenters. The number of rotatable bonds is 5. The van der Waals surface area contributed by atoms with E-state index >= 15 is 0 Å². The molecule has 0 fully saturated rings. The summed E-state index contributed by atoms with van der Waals surface area (Å²) in [4.78, 5) is 15.4. The van der Waals surface area contributed by atoms with Gasteiger partial charge in [0, 0.05) is 11.4 Å². The van der Waals surface area contributed by atoms with Gasteiger partial charge >= 0.3 is 0 Å². The molecule has 15 heavy (non-hydrogen) atoms. The molecular weight excluding hydrogens is 208 g/mol. The summed E-state index contributed by atoms with van der Waals surface area (Å²) in [5, 5.41) is 2.61. The van der Waals surface area contributed by atoms with Crippen LogP contribution in [0.2, 0.25) is 0 Å². The molecule has 0 aliphatic rings. The van der Waals surface area contributed by atoms with E-state index in [1.165, 1.54) is 4.88 Å². The Bertz CT molecular complexity index is 380. The van der Waals surface area contributed by atoms with Gasteiger partial charge in [0.15, 0.2) is 0 Å². The number of aromatic nitrogens is 1. The molecule has 0 radical (unpaired) electrons. The summed E-state index contributed by atoms with van der Waals surface area (Å²) in [6.45, 7) is 4.55. The van der Waals surface area contributed by atoms with Crippen LogP contribution in [-0.2, 0) is 4.79 Å². The zero-order chi connectivity index (χ0) is 11.1. The molecule has 4 heteroatoms. The summed E-state index contributed by atoms with van der Waals surface area (Å²) >= 11 is 1.62. The van der Waals surface area contributed by atoms with Crippen LogP contribution in [0.15, 0.2) is 23.2 Å². The van der Waals surface area contributed by atoms with Crippen LogP contribution in [0.25, 0.3) is 6.08 Å². The molecule has 80 valence electrons. The van der Waals surface area contributed by atoms with Crippen LogP contribution in [0, 0.1) is 6.92 Å². The van der Waals surface area contributed by atoms with Crippen molar-refractivity contribution in [2.24, 2.45) is 0 Å². The summed E-state index contributed by atoms with van der Waals surface area (Å²) < 4.78 is 0. The Balaban J connectivity index is 2.52. The third-order valence-corrected chi connectivity index (χ3v) is 2.77. The number of thiazole rings is 1. The van der Waals surface area contributed by atoms with Gasteiger partial charge in [-0.3, -0.25) is 4.79 Å². The van der Waals surface area contributed by atoms with Crippen LogP contribution >= 0.6 is 11.3 Å². The Labute approximate surface area is 93.5 Å². The second-order valence-corrected chi connectivity index (χ2v) is 4.06. The lowest BCUT2D eigenvalue weighted by Crippen LogP contribution is -2.12. The highest BCUT2D eigenvalue weighted by atomic mass is 32.1. The van der Waals surface area contributed by atoms with E-state index in [-0.39, 0.29) is 0 Å². The molecule has 0 unspecified atom stereocenters. The maximum absolute atomic E-state index is 10.1. The molecule has 0 spiro atoms. The number of hydrogen-bond donors (Lipinski definition) is 1. The van der Waals surface area contributed by atoms with Crippen LogP contribution in [-0.4, -0.2) is 17.9 Å². The molecule has 0 saturated carbocycles. The second-order valence-electron chi connectivity index (χ2n) is 3.17. The van der Waals surface area contributed by atoms with E-state index in [9.17, 15) is 4.79 Å². The fraction of sp³-hybridized carbons (Fsp3) is 0.273. The average Bonchev–Trinajstić information content (AvgIpc) is 2.61. The van der Waals surface area contributed by atoms with Crippen molar-refractivity contribution in [1.29, 1.82) is 0 Å². The molecule has 1 aromatic heterocycles. The van der Waals surface area contributed by atoms with Crippen LogP contribution in [0.4, 0.5) is 0 Å². The largest absolute Gasteiger partial charge is 0.355 e. The first-order valence-electron chi connectivity index (χ1n) is 4.65. The maximum atomic E-state index is 10.1. The Morgan fingerprint density at radius 1 is 1.67 bits per heavy atom.